The third-order valence-corrected chi connectivity index (χ3v) is 5.91. The van der Waals surface area contributed by atoms with Crippen LogP contribution in [-0.2, 0) is 10.1 Å². The van der Waals surface area contributed by atoms with Gasteiger partial charge >= 0.3 is 10.1 Å². The first-order valence-corrected chi connectivity index (χ1v) is 10.2. The summed E-state index contributed by atoms with van der Waals surface area (Å²) in [5, 5.41) is 3.44. The molecule has 26 heavy (non-hydrogen) atoms. The number of nitrogens with one attached hydrogen (secondary N) is 2. The van der Waals surface area contributed by atoms with Gasteiger partial charge in [0.15, 0.2) is 0 Å². The number of aromatic nitrogens is 2. The molecule has 1 fully saturated rings. The third kappa shape index (κ3) is 3.53. The fraction of sp³-hybridized carbons (Fsp3) is 0.316. The summed E-state index contributed by atoms with van der Waals surface area (Å²) in [6, 6.07) is 12.2. The average molecular weight is 371 g/mol. The summed E-state index contributed by atoms with van der Waals surface area (Å²) in [5.74, 6) is 1.03. The van der Waals surface area contributed by atoms with Gasteiger partial charge in [0.25, 0.3) is 0 Å². The van der Waals surface area contributed by atoms with Crippen molar-refractivity contribution in [1.29, 1.82) is 0 Å². The second-order valence-electron chi connectivity index (χ2n) is 6.69. The van der Waals surface area contributed by atoms with Crippen LogP contribution in [0.5, 0.6) is 5.75 Å². The van der Waals surface area contributed by atoms with Gasteiger partial charge in [-0.25, -0.2) is 4.98 Å². The van der Waals surface area contributed by atoms with Crippen molar-refractivity contribution in [3.05, 3.63) is 48.3 Å². The molecular formula is C19H21N3O3S. The quantitative estimate of drug-likeness (QED) is 0.663. The predicted octanol–water partition coefficient (Wildman–Crippen LogP) is 3.99. The summed E-state index contributed by atoms with van der Waals surface area (Å²) in [7, 11) is -3.88. The third-order valence-electron chi connectivity index (χ3n) is 4.65. The predicted molar refractivity (Wildman–Crippen MR) is 101 cm³/mol. The number of nitrogens with zero attached hydrogens (tertiary/aromatic N) is 1. The Labute approximate surface area is 152 Å². The zero-order valence-corrected chi connectivity index (χ0v) is 15.3. The van der Waals surface area contributed by atoms with Crippen LogP contribution in [0, 0.1) is 6.92 Å². The maximum absolute atomic E-state index is 12.5. The van der Waals surface area contributed by atoms with Crippen LogP contribution in [0.4, 0.5) is 5.69 Å². The fourth-order valence-electron chi connectivity index (χ4n) is 3.37. The lowest BCUT2D eigenvalue weighted by atomic mass is 10.2. The lowest BCUT2D eigenvalue weighted by Crippen LogP contribution is -2.14. The van der Waals surface area contributed by atoms with Gasteiger partial charge in [-0.1, -0.05) is 12.8 Å². The van der Waals surface area contributed by atoms with Crippen molar-refractivity contribution in [2.24, 2.45) is 0 Å². The molecule has 3 aromatic rings. The average Bonchev–Trinajstić information content (AvgIpc) is 3.23. The first-order chi connectivity index (χ1) is 12.5. The zero-order chi connectivity index (χ0) is 18.1. The van der Waals surface area contributed by atoms with Crippen molar-refractivity contribution >= 4 is 26.8 Å². The first kappa shape index (κ1) is 16.9. The molecule has 0 unspecified atom stereocenters. The SMILES string of the molecule is Cc1nc2ccc(OS(=O)(=O)c3ccc(NC4CCCC4)cc3)cc2[nH]1. The van der Waals surface area contributed by atoms with E-state index in [1.54, 1.807) is 42.5 Å². The van der Waals surface area contributed by atoms with E-state index in [4.69, 9.17) is 4.18 Å². The molecule has 1 aliphatic carbocycles. The van der Waals surface area contributed by atoms with Gasteiger partial charge in [-0.05, 0) is 56.2 Å². The Morgan fingerprint density at radius 2 is 1.85 bits per heavy atom. The number of hydrogen-bond acceptors (Lipinski definition) is 5. The molecule has 6 nitrogen and oxygen atoms in total. The van der Waals surface area contributed by atoms with E-state index in [1.165, 1.54) is 25.7 Å². The van der Waals surface area contributed by atoms with Crippen LogP contribution >= 0.6 is 0 Å². The van der Waals surface area contributed by atoms with Crippen molar-refractivity contribution < 1.29 is 12.6 Å². The van der Waals surface area contributed by atoms with E-state index in [0.717, 1.165) is 22.5 Å². The largest absolute Gasteiger partial charge is 0.382 e. The molecule has 2 N–H and O–H groups in total. The summed E-state index contributed by atoms with van der Waals surface area (Å²) in [4.78, 5) is 7.50. The van der Waals surface area contributed by atoms with Gasteiger partial charge < -0.3 is 14.5 Å². The monoisotopic (exact) mass is 371 g/mol. The molecule has 1 aliphatic rings. The summed E-state index contributed by atoms with van der Waals surface area (Å²) in [6.07, 6.45) is 4.83. The van der Waals surface area contributed by atoms with Crippen LogP contribution in [0.3, 0.4) is 0 Å². The Morgan fingerprint density at radius 1 is 1.12 bits per heavy atom. The van der Waals surface area contributed by atoms with Crippen LogP contribution in [0.2, 0.25) is 0 Å². The van der Waals surface area contributed by atoms with Crippen molar-refractivity contribution in [3.8, 4) is 5.75 Å². The standard InChI is InChI=1S/C19H21N3O3S/c1-13-20-18-11-8-16(12-19(18)21-13)25-26(23,24)17-9-6-15(7-10-17)22-14-4-2-3-5-14/h6-12,14,22H,2-5H2,1H3,(H,20,21). The number of benzene rings is 2. The molecule has 0 radical (unpaired) electrons. The number of H-pyrrole nitrogens is 1. The van der Waals surface area contributed by atoms with Crippen LogP contribution in [0.25, 0.3) is 11.0 Å². The van der Waals surface area contributed by atoms with Gasteiger partial charge in [0, 0.05) is 17.8 Å². The molecule has 1 heterocycles. The number of aromatic amines is 1. The van der Waals surface area contributed by atoms with Crippen LogP contribution in [-0.4, -0.2) is 24.4 Å². The minimum atomic E-state index is -3.88. The van der Waals surface area contributed by atoms with Crippen molar-refractivity contribution in [1.82, 2.24) is 9.97 Å². The number of hydrogen-bond donors (Lipinski definition) is 2. The Hall–Kier alpha value is -2.54. The smallest absolute Gasteiger partial charge is 0.339 e. The number of fused-ring (bicyclic) bond motifs is 1. The Kier molecular flexibility index (Phi) is 4.32. The molecule has 4 rings (SSSR count). The molecule has 0 atom stereocenters. The molecule has 1 aromatic heterocycles. The molecule has 0 amide bonds. The fourth-order valence-corrected chi connectivity index (χ4v) is 4.29. The summed E-state index contributed by atoms with van der Waals surface area (Å²) < 4.78 is 30.3. The molecule has 136 valence electrons. The van der Waals surface area contributed by atoms with Crippen LogP contribution in [0.15, 0.2) is 47.4 Å². The number of imidazole rings is 1. The maximum Gasteiger partial charge on any atom is 0.339 e. The van der Waals surface area contributed by atoms with E-state index in [2.05, 4.69) is 15.3 Å². The highest BCUT2D eigenvalue weighted by molar-refractivity contribution is 7.87. The van der Waals surface area contributed by atoms with Crippen molar-refractivity contribution in [2.75, 3.05) is 5.32 Å². The van der Waals surface area contributed by atoms with Gasteiger partial charge in [-0.2, -0.15) is 8.42 Å². The first-order valence-electron chi connectivity index (χ1n) is 8.77. The molecule has 0 saturated heterocycles. The molecule has 7 heteroatoms. The van der Waals surface area contributed by atoms with Gasteiger partial charge in [-0.3, -0.25) is 0 Å². The molecular weight excluding hydrogens is 350 g/mol. The second kappa shape index (κ2) is 6.64. The lowest BCUT2D eigenvalue weighted by molar-refractivity contribution is 0.486. The van der Waals surface area contributed by atoms with E-state index >= 15 is 0 Å². The molecule has 0 aliphatic heterocycles. The summed E-state index contributed by atoms with van der Waals surface area (Å²) >= 11 is 0. The highest BCUT2D eigenvalue weighted by Gasteiger charge is 2.18. The molecule has 0 spiro atoms. The second-order valence-corrected chi connectivity index (χ2v) is 8.24. The lowest BCUT2D eigenvalue weighted by Gasteiger charge is -2.14. The molecule has 2 aromatic carbocycles. The van der Waals surface area contributed by atoms with E-state index in [-0.39, 0.29) is 10.6 Å². The number of aryl methyl sites for hydroxylation is 1. The Morgan fingerprint density at radius 3 is 2.58 bits per heavy atom. The molecule has 1 saturated carbocycles. The highest BCUT2D eigenvalue weighted by Crippen LogP contribution is 2.25. The van der Waals surface area contributed by atoms with E-state index < -0.39 is 10.1 Å². The summed E-state index contributed by atoms with van der Waals surface area (Å²) in [5.41, 5.74) is 2.45. The minimum Gasteiger partial charge on any atom is -0.382 e. The van der Waals surface area contributed by atoms with Crippen LogP contribution < -0.4 is 9.50 Å². The number of anilines is 1. The van der Waals surface area contributed by atoms with E-state index in [9.17, 15) is 8.42 Å². The topological polar surface area (TPSA) is 84.1 Å². The highest BCUT2D eigenvalue weighted by atomic mass is 32.2. The van der Waals surface area contributed by atoms with Gasteiger partial charge in [-0.15, -0.1) is 0 Å². The maximum atomic E-state index is 12.5. The van der Waals surface area contributed by atoms with Crippen molar-refractivity contribution in [3.63, 3.8) is 0 Å². The summed E-state index contributed by atoms with van der Waals surface area (Å²) in [6.45, 7) is 1.85. The Balaban J connectivity index is 1.51. The van der Waals surface area contributed by atoms with E-state index in [0.29, 0.717) is 6.04 Å². The van der Waals surface area contributed by atoms with E-state index in [1.807, 2.05) is 6.92 Å². The van der Waals surface area contributed by atoms with Gasteiger partial charge in [0.1, 0.15) is 16.5 Å². The zero-order valence-electron chi connectivity index (χ0n) is 14.5. The van der Waals surface area contributed by atoms with Gasteiger partial charge in [0.2, 0.25) is 0 Å². The Bertz CT molecular complexity index is 1020. The molecule has 0 bridgehead atoms. The van der Waals surface area contributed by atoms with Gasteiger partial charge in [0.05, 0.1) is 11.0 Å². The minimum absolute atomic E-state index is 0.135. The normalized spacial score (nSPS) is 15.4. The van der Waals surface area contributed by atoms with Crippen molar-refractivity contribution in [2.45, 2.75) is 43.5 Å². The number of rotatable bonds is 5. The van der Waals surface area contributed by atoms with Crippen LogP contribution in [0.1, 0.15) is 31.5 Å².